The summed E-state index contributed by atoms with van der Waals surface area (Å²) < 4.78 is 7.62. The average Bonchev–Trinajstić information content (AvgIpc) is 4.02. The predicted octanol–water partition coefficient (Wildman–Crippen LogP) is 16.1. The maximum atomic E-state index is 2.55. The number of benzene rings is 9. The van der Waals surface area contributed by atoms with Crippen molar-refractivity contribution in [3.05, 3.63) is 199 Å². The second-order valence-electron chi connectivity index (χ2n) is 17.3. The van der Waals surface area contributed by atoms with Gasteiger partial charge in [-0.25, -0.2) is 0 Å². The summed E-state index contributed by atoms with van der Waals surface area (Å²) in [6, 6.07) is 70.2. The van der Waals surface area contributed by atoms with E-state index < -0.39 is 0 Å². The molecule has 1 aliphatic carbocycles. The molecule has 0 fully saturated rings. The SMILES string of the molecule is CC1(C)c2ccccc2-c2cc(N(c3ccccc3)c3ccc4sc5cc(-c6cccc7c8ccc9c%10ccccc%10n%10c%11ccccc%11n(c67)c8c9%10)ccc5c4c3)ccc21. The second-order valence-corrected chi connectivity index (χ2v) is 18.4. The lowest BCUT2D eigenvalue weighted by molar-refractivity contribution is 0.660. The van der Waals surface area contributed by atoms with Gasteiger partial charge in [-0.05, 0) is 94.5 Å². The first-order chi connectivity index (χ1) is 30.0. The summed E-state index contributed by atoms with van der Waals surface area (Å²) in [7, 11) is 0. The summed E-state index contributed by atoms with van der Waals surface area (Å²) in [6.45, 7) is 4.70. The first kappa shape index (κ1) is 33.4. The third-order valence-electron chi connectivity index (χ3n) is 13.8. The Balaban J connectivity index is 0.955. The Morgan fingerprint density at radius 1 is 0.377 bits per heavy atom. The number of para-hydroxylation sites is 5. The van der Waals surface area contributed by atoms with Gasteiger partial charge in [-0.2, -0.15) is 0 Å². The summed E-state index contributed by atoms with van der Waals surface area (Å²) in [5, 5.41) is 7.73. The van der Waals surface area contributed by atoms with Crippen LogP contribution < -0.4 is 4.90 Å². The molecular formula is C57H37N3S. The van der Waals surface area contributed by atoms with Gasteiger partial charge in [0.1, 0.15) is 0 Å². The van der Waals surface area contributed by atoms with Gasteiger partial charge in [0.05, 0.1) is 33.1 Å². The number of rotatable bonds is 4. The van der Waals surface area contributed by atoms with Crippen molar-refractivity contribution >= 4 is 103 Å². The molecule has 0 saturated carbocycles. The lowest BCUT2D eigenvalue weighted by Crippen LogP contribution is -2.15. The van der Waals surface area contributed by atoms with Crippen LogP contribution in [0.5, 0.6) is 0 Å². The fourth-order valence-corrected chi connectivity index (χ4v) is 12.2. The molecule has 0 atom stereocenters. The largest absolute Gasteiger partial charge is 0.310 e. The van der Waals surface area contributed by atoms with Crippen LogP contribution in [-0.2, 0) is 5.41 Å². The smallest absolute Gasteiger partial charge is 0.0789 e. The predicted molar refractivity (Wildman–Crippen MR) is 260 cm³/mol. The Labute approximate surface area is 355 Å². The van der Waals surface area contributed by atoms with E-state index >= 15 is 0 Å². The third kappa shape index (κ3) is 4.37. The van der Waals surface area contributed by atoms with E-state index in [-0.39, 0.29) is 5.41 Å². The van der Waals surface area contributed by atoms with E-state index in [2.05, 4.69) is 216 Å². The van der Waals surface area contributed by atoms with E-state index in [1.807, 2.05) is 11.3 Å². The number of thiophene rings is 1. The molecule has 13 aromatic rings. The maximum Gasteiger partial charge on any atom is 0.0789 e. The number of hydrogen-bond acceptors (Lipinski definition) is 2. The number of hydrogen-bond donors (Lipinski definition) is 0. The monoisotopic (exact) mass is 795 g/mol. The molecule has 9 aromatic carbocycles. The second kappa shape index (κ2) is 11.9. The molecule has 1 aliphatic rings. The first-order valence-corrected chi connectivity index (χ1v) is 22.0. The van der Waals surface area contributed by atoms with Crippen molar-refractivity contribution < 1.29 is 0 Å². The Kier molecular flexibility index (Phi) is 6.51. The molecular weight excluding hydrogens is 759 g/mol. The number of fused-ring (bicyclic) bond motifs is 15. The zero-order valence-corrected chi connectivity index (χ0v) is 34.5. The topological polar surface area (TPSA) is 12.1 Å². The van der Waals surface area contributed by atoms with E-state index in [9.17, 15) is 0 Å². The summed E-state index contributed by atoms with van der Waals surface area (Å²) >= 11 is 1.88. The highest BCUT2D eigenvalue weighted by atomic mass is 32.1. The highest BCUT2D eigenvalue weighted by Gasteiger charge is 2.35. The van der Waals surface area contributed by atoms with Gasteiger partial charge in [0.2, 0.25) is 0 Å². The lowest BCUT2D eigenvalue weighted by Gasteiger charge is -2.27. The molecule has 3 nitrogen and oxygen atoms in total. The Bertz CT molecular complexity index is 3970. The van der Waals surface area contributed by atoms with Crippen LogP contribution in [0.15, 0.2) is 188 Å². The molecule has 4 heterocycles. The van der Waals surface area contributed by atoms with E-state index in [0.29, 0.717) is 0 Å². The molecule has 4 aromatic heterocycles. The molecule has 0 amide bonds. The number of nitrogens with zero attached hydrogens (tertiary/aromatic N) is 3. The Morgan fingerprint density at radius 3 is 1.87 bits per heavy atom. The quantitative estimate of drug-likeness (QED) is 0.162. The molecule has 0 spiro atoms. The van der Waals surface area contributed by atoms with Crippen LogP contribution in [0.25, 0.3) is 97.1 Å². The van der Waals surface area contributed by atoms with Crippen LogP contribution in [0.1, 0.15) is 25.0 Å². The van der Waals surface area contributed by atoms with E-state index in [1.165, 1.54) is 108 Å². The molecule has 0 saturated heterocycles. The highest BCUT2D eigenvalue weighted by molar-refractivity contribution is 7.25. The Hall–Kier alpha value is -7.40. The first-order valence-electron chi connectivity index (χ1n) is 21.2. The molecule has 14 rings (SSSR count). The van der Waals surface area contributed by atoms with Crippen LogP contribution >= 0.6 is 11.3 Å². The zero-order valence-electron chi connectivity index (χ0n) is 33.6. The van der Waals surface area contributed by atoms with Crippen molar-refractivity contribution in [2.24, 2.45) is 0 Å². The van der Waals surface area contributed by atoms with Gasteiger partial charge in [-0.3, -0.25) is 0 Å². The number of anilines is 3. The van der Waals surface area contributed by atoms with Crippen molar-refractivity contribution in [2.75, 3.05) is 4.90 Å². The number of aromatic nitrogens is 2. The molecule has 0 N–H and O–H groups in total. The van der Waals surface area contributed by atoms with Crippen molar-refractivity contribution in [1.29, 1.82) is 0 Å². The van der Waals surface area contributed by atoms with Gasteiger partial charge in [0.15, 0.2) is 0 Å². The lowest BCUT2D eigenvalue weighted by atomic mass is 9.82. The standard InChI is InChI=1S/C57H37N3S/c1-57(2)47-19-8-6-15-39(47)45-32-36(24-29-48(45)57)58(35-13-4-3-5-14-35)37-25-30-52-46(33-37)41-26-23-34(31-53(41)61-52)38-17-12-18-42-44-28-27-43-40-16-7-9-20-49(40)59-50-21-10-11-22-51(50)60(54(38)42)56(44)55(43)59/h3-33H,1-2H3. The van der Waals surface area contributed by atoms with Crippen LogP contribution in [0.3, 0.4) is 0 Å². The van der Waals surface area contributed by atoms with Gasteiger partial charge in [0.25, 0.3) is 0 Å². The fraction of sp³-hybridized carbons (Fsp3) is 0.0526. The van der Waals surface area contributed by atoms with Crippen molar-refractivity contribution in [3.63, 3.8) is 0 Å². The van der Waals surface area contributed by atoms with Gasteiger partial charge in [-0.15, -0.1) is 11.3 Å². The van der Waals surface area contributed by atoms with Crippen LogP contribution in [0.2, 0.25) is 0 Å². The molecule has 61 heavy (non-hydrogen) atoms. The van der Waals surface area contributed by atoms with Crippen molar-refractivity contribution in [3.8, 4) is 22.3 Å². The zero-order chi connectivity index (χ0) is 40.1. The molecule has 286 valence electrons. The van der Waals surface area contributed by atoms with E-state index in [0.717, 1.165) is 17.1 Å². The highest BCUT2D eigenvalue weighted by Crippen LogP contribution is 2.51. The summed E-state index contributed by atoms with van der Waals surface area (Å²) in [4.78, 5) is 2.42. The summed E-state index contributed by atoms with van der Waals surface area (Å²) in [5.41, 5.74) is 18.8. The summed E-state index contributed by atoms with van der Waals surface area (Å²) in [5.74, 6) is 0. The molecule has 0 bridgehead atoms. The van der Waals surface area contributed by atoms with Crippen LogP contribution in [-0.4, -0.2) is 8.80 Å². The average molecular weight is 796 g/mol. The molecule has 0 unspecified atom stereocenters. The van der Waals surface area contributed by atoms with Crippen LogP contribution in [0, 0.1) is 0 Å². The summed E-state index contributed by atoms with van der Waals surface area (Å²) in [6.07, 6.45) is 0. The third-order valence-corrected chi connectivity index (χ3v) is 14.9. The minimum absolute atomic E-state index is 0.0364. The van der Waals surface area contributed by atoms with Crippen molar-refractivity contribution in [1.82, 2.24) is 8.80 Å². The van der Waals surface area contributed by atoms with Crippen molar-refractivity contribution in [2.45, 2.75) is 19.3 Å². The van der Waals surface area contributed by atoms with E-state index in [4.69, 9.17) is 0 Å². The van der Waals surface area contributed by atoms with Gasteiger partial charge in [-0.1, -0.05) is 135 Å². The molecule has 0 aliphatic heterocycles. The minimum Gasteiger partial charge on any atom is -0.310 e. The van der Waals surface area contributed by atoms with Gasteiger partial charge >= 0.3 is 0 Å². The Morgan fingerprint density at radius 2 is 1.00 bits per heavy atom. The molecule has 0 radical (unpaired) electrons. The fourth-order valence-electron chi connectivity index (χ4n) is 11.1. The maximum absolute atomic E-state index is 2.55. The van der Waals surface area contributed by atoms with E-state index in [1.54, 1.807) is 0 Å². The minimum atomic E-state index is -0.0364. The normalized spacial score (nSPS) is 13.5. The van der Waals surface area contributed by atoms with Gasteiger partial charge < -0.3 is 13.7 Å². The van der Waals surface area contributed by atoms with Crippen LogP contribution in [0.4, 0.5) is 17.1 Å². The van der Waals surface area contributed by atoms with Gasteiger partial charge in [0, 0.05) is 69.8 Å². The molecule has 4 heteroatoms.